The molecule has 0 heterocycles. The van der Waals surface area contributed by atoms with E-state index >= 15 is 0 Å². The topological polar surface area (TPSA) is 35.2 Å². The largest absolute Gasteiger partial charge is 0.496 e. The Morgan fingerprint density at radius 1 is 1.10 bits per heavy atom. The van der Waals surface area contributed by atoms with Gasteiger partial charge in [-0.2, -0.15) is 0 Å². The molecule has 0 spiro atoms. The lowest BCUT2D eigenvalue weighted by Gasteiger charge is -2.15. The first-order valence-corrected chi connectivity index (χ1v) is 7.12. The average molecular weight is 269 g/mol. The third kappa shape index (κ3) is 3.40. The molecule has 0 aliphatic heterocycles. The number of hydrogen-bond donors (Lipinski definition) is 1. The van der Waals surface area contributed by atoms with Crippen molar-refractivity contribution in [3.8, 4) is 5.75 Å². The van der Waals surface area contributed by atoms with Crippen LogP contribution in [0, 0.1) is 6.92 Å². The summed E-state index contributed by atoms with van der Waals surface area (Å²) in [6, 6.07) is 14.8. The first-order valence-electron chi connectivity index (χ1n) is 7.12. The number of nitrogens with two attached hydrogens (primary N) is 1. The van der Waals surface area contributed by atoms with E-state index in [1.54, 1.807) is 7.11 Å². The minimum absolute atomic E-state index is 0.00314. The minimum atomic E-state index is -0.00314. The lowest BCUT2D eigenvalue weighted by Crippen LogP contribution is -2.14. The van der Waals surface area contributed by atoms with Crippen molar-refractivity contribution in [2.75, 3.05) is 7.11 Å². The van der Waals surface area contributed by atoms with Gasteiger partial charge >= 0.3 is 0 Å². The molecule has 0 saturated heterocycles. The Morgan fingerprint density at radius 2 is 1.80 bits per heavy atom. The zero-order valence-electron chi connectivity index (χ0n) is 12.5. The molecule has 1 atom stereocenters. The lowest BCUT2D eigenvalue weighted by molar-refractivity contribution is 0.408. The van der Waals surface area contributed by atoms with Gasteiger partial charge in [-0.25, -0.2) is 0 Å². The van der Waals surface area contributed by atoms with Crippen molar-refractivity contribution >= 4 is 0 Å². The van der Waals surface area contributed by atoms with E-state index in [1.165, 1.54) is 22.3 Å². The summed E-state index contributed by atoms with van der Waals surface area (Å²) in [5.41, 5.74) is 11.2. The summed E-state index contributed by atoms with van der Waals surface area (Å²) in [6.07, 6.45) is 1.84. The van der Waals surface area contributed by atoms with Crippen molar-refractivity contribution in [2.24, 2.45) is 5.73 Å². The van der Waals surface area contributed by atoms with Gasteiger partial charge in [-0.3, -0.25) is 0 Å². The highest BCUT2D eigenvalue weighted by atomic mass is 16.5. The molecular formula is C18H23NO. The van der Waals surface area contributed by atoms with Crippen LogP contribution in [-0.2, 0) is 12.8 Å². The number of ether oxygens (including phenoxy) is 1. The molecule has 0 aliphatic rings. The summed E-state index contributed by atoms with van der Waals surface area (Å²) in [7, 11) is 1.70. The van der Waals surface area contributed by atoms with Crippen LogP contribution < -0.4 is 10.5 Å². The first kappa shape index (κ1) is 14.6. The summed E-state index contributed by atoms with van der Waals surface area (Å²) in [5.74, 6) is 0.913. The highest BCUT2D eigenvalue weighted by Crippen LogP contribution is 2.25. The molecular weight excluding hydrogens is 246 g/mol. The van der Waals surface area contributed by atoms with Crippen LogP contribution in [0.3, 0.4) is 0 Å². The predicted octanol–water partition coefficient (Wildman–Crippen LogP) is 3.81. The molecule has 2 N–H and O–H groups in total. The number of methoxy groups -OCH3 is 1. The maximum Gasteiger partial charge on any atom is 0.122 e. The van der Waals surface area contributed by atoms with Crippen LogP contribution in [0.5, 0.6) is 5.75 Å². The summed E-state index contributed by atoms with van der Waals surface area (Å²) < 4.78 is 5.42. The Morgan fingerprint density at radius 3 is 2.40 bits per heavy atom. The molecule has 0 radical (unpaired) electrons. The van der Waals surface area contributed by atoms with E-state index in [0.717, 1.165) is 18.6 Å². The van der Waals surface area contributed by atoms with Crippen LogP contribution >= 0.6 is 0 Å². The van der Waals surface area contributed by atoms with Crippen LogP contribution in [0.25, 0.3) is 0 Å². The fourth-order valence-electron chi connectivity index (χ4n) is 2.42. The van der Waals surface area contributed by atoms with E-state index in [4.69, 9.17) is 10.5 Å². The number of hydrogen-bond acceptors (Lipinski definition) is 2. The van der Waals surface area contributed by atoms with Crippen molar-refractivity contribution in [3.63, 3.8) is 0 Å². The first-order chi connectivity index (χ1) is 9.63. The minimum Gasteiger partial charge on any atom is -0.496 e. The predicted molar refractivity (Wildman–Crippen MR) is 84.2 cm³/mol. The Balaban J connectivity index is 2.17. The van der Waals surface area contributed by atoms with Gasteiger partial charge in [-0.05, 0) is 42.5 Å². The Hall–Kier alpha value is -1.80. The zero-order valence-corrected chi connectivity index (χ0v) is 12.5. The summed E-state index contributed by atoms with van der Waals surface area (Å²) in [5, 5.41) is 0. The number of benzene rings is 2. The zero-order chi connectivity index (χ0) is 14.5. The number of rotatable bonds is 5. The highest BCUT2D eigenvalue weighted by molar-refractivity contribution is 5.38. The molecule has 2 aromatic carbocycles. The second-order valence-corrected chi connectivity index (χ2v) is 5.22. The van der Waals surface area contributed by atoms with Gasteiger partial charge in [0.1, 0.15) is 5.75 Å². The maximum absolute atomic E-state index is 6.34. The van der Waals surface area contributed by atoms with E-state index in [2.05, 4.69) is 50.2 Å². The van der Waals surface area contributed by atoms with Crippen LogP contribution in [0.15, 0.2) is 42.5 Å². The summed E-state index contributed by atoms with van der Waals surface area (Å²) in [4.78, 5) is 0. The van der Waals surface area contributed by atoms with Gasteiger partial charge in [0.25, 0.3) is 0 Å². The van der Waals surface area contributed by atoms with Gasteiger partial charge in [0.15, 0.2) is 0 Å². The van der Waals surface area contributed by atoms with Crippen LogP contribution in [-0.4, -0.2) is 7.11 Å². The van der Waals surface area contributed by atoms with Crippen LogP contribution in [0.1, 0.15) is 35.2 Å². The van der Waals surface area contributed by atoms with Gasteiger partial charge in [0, 0.05) is 6.04 Å². The molecule has 0 fully saturated rings. The number of aryl methyl sites for hydroxylation is 2. The van der Waals surface area contributed by atoms with Gasteiger partial charge in [-0.15, -0.1) is 0 Å². The van der Waals surface area contributed by atoms with E-state index in [9.17, 15) is 0 Å². The van der Waals surface area contributed by atoms with Crippen molar-refractivity contribution in [1.82, 2.24) is 0 Å². The second-order valence-electron chi connectivity index (χ2n) is 5.22. The lowest BCUT2D eigenvalue weighted by atomic mass is 9.97. The SMILES string of the molecule is CCc1ccc(C(N)Cc2cc(C)ccc2OC)cc1. The molecule has 0 saturated carbocycles. The Kier molecular flexibility index (Phi) is 4.80. The van der Waals surface area contributed by atoms with Crippen molar-refractivity contribution in [2.45, 2.75) is 32.7 Å². The molecule has 106 valence electrons. The van der Waals surface area contributed by atoms with E-state index in [0.29, 0.717) is 0 Å². The van der Waals surface area contributed by atoms with Crippen LogP contribution in [0.4, 0.5) is 0 Å². The van der Waals surface area contributed by atoms with Crippen molar-refractivity contribution in [1.29, 1.82) is 0 Å². The third-order valence-electron chi connectivity index (χ3n) is 3.69. The van der Waals surface area contributed by atoms with Crippen molar-refractivity contribution < 1.29 is 4.74 Å². The molecule has 2 rings (SSSR count). The Bertz CT molecular complexity index is 560. The molecule has 20 heavy (non-hydrogen) atoms. The van der Waals surface area contributed by atoms with Crippen molar-refractivity contribution in [3.05, 3.63) is 64.7 Å². The fraction of sp³-hybridized carbons (Fsp3) is 0.333. The Labute approximate surface area is 121 Å². The molecule has 1 unspecified atom stereocenters. The third-order valence-corrected chi connectivity index (χ3v) is 3.69. The van der Waals surface area contributed by atoms with E-state index in [1.807, 2.05) is 6.07 Å². The highest BCUT2D eigenvalue weighted by Gasteiger charge is 2.11. The summed E-state index contributed by atoms with van der Waals surface area (Å²) in [6.45, 7) is 4.25. The standard InChI is InChI=1S/C18H23NO/c1-4-14-6-8-15(9-7-14)17(19)12-16-11-13(2)5-10-18(16)20-3/h5-11,17H,4,12,19H2,1-3H3. The molecule has 0 bridgehead atoms. The molecule has 0 aliphatic carbocycles. The normalized spacial score (nSPS) is 12.2. The summed E-state index contributed by atoms with van der Waals surface area (Å²) >= 11 is 0. The van der Waals surface area contributed by atoms with Gasteiger partial charge in [0.05, 0.1) is 7.11 Å². The molecule has 2 heteroatoms. The smallest absolute Gasteiger partial charge is 0.122 e. The van der Waals surface area contributed by atoms with Gasteiger partial charge in [-0.1, -0.05) is 48.9 Å². The van der Waals surface area contributed by atoms with E-state index in [-0.39, 0.29) is 6.04 Å². The second kappa shape index (κ2) is 6.58. The molecule has 0 amide bonds. The molecule has 2 nitrogen and oxygen atoms in total. The fourth-order valence-corrected chi connectivity index (χ4v) is 2.42. The molecule has 2 aromatic rings. The van der Waals surface area contributed by atoms with E-state index < -0.39 is 0 Å². The van der Waals surface area contributed by atoms with Gasteiger partial charge in [0.2, 0.25) is 0 Å². The van der Waals surface area contributed by atoms with Gasteiger partial charge < -0.3 is 10.5 Å². The maximum atomic E-state index is 6.34. The molecule has 0 aromatic heterocycles. The monoisotopic (exact) mass is 269 g/mol. The average Bonchev–Trinajstić information content (AvgIpc) is 2.47. The van der Waals surface area contributed by atoms with Crippen LogP contribution in [0.2, 0.25) is 0 Å². The quantitative estimate of drug-likeness (QED) is 0.896.